The standard InChI is InChI=1S/C20H25N5O4S/c1-4-18(26)22-14-19(27)24-10-12-25(13-11-24)30(28,29)17-7-5-6-16-15(17)8-9-21-20(16)23(2)3/h4-9H,1,10-14H2,2-3H3,(H,22,26). The van der Waals surface area contributed by atoms with Crippen molar-refractivity contribution in [1.82, 2.24) is 19.5 Å². The van der Waals surface area contributed by atoms with E-state index < -0.39 is 15.9 Å². The molecular weight excluding hydrogens is 406 g/mol. The summed E-state index contributed by atoms with van der Waals surface area (Å²) in [6, 6.07) is 6.87. The molecule has 1 aliphatic rings. The number of sulfonamides is 1. The van der Waals surface area contributed by atoms with Gasteiger partial charge in [-0.05, 0) is 18.2 Å². The van der Waals surface area contributed by atoms with Crippen LogP contribution in [0.1, 0.15) is 0 Å². The van der Waals surface area contributed by atoms with Gasteiger partial charge in [0.15, 0.2) is 0 Å². The average molecular weight is 432 g/mol. The van der Waals surface area contributed by atoms with Gasteiger partial charge >= 0.3 is 0 Å². The Kier molecular flexibility index (Phi) is 6.37. The Labute approximate surface area is 176 Å². The number of carbonyl (C=O) groups is 2. The molecule has 1 aromatic carbocycles. The molecule has 0 saturated carbocycles. The summed E-state index contributed by atoms with van der Waals surface area (Å²) in [6.07, 6.45) is 2.70. The van der Waals surface area contributed by atoms with Crippen LogP contribution in [-0.2, 0) is 19.6 Å². The number of hydrogen-bond donors (Lipinski definition) is 1. The third-order valence-electron chi connectivity index (χ3n) is 4.98. The fraction of sp³-hybridized carbons (Fsp3) is 0.350. The minimum Gasteiger partial charge on any atom is -0.362 e. The van der Waals surface area contributed by atoms with Crippen molar-refractivity contribution < 1.29 is 18.0 Å². The number of carbonyl (C=O) groups excluding carboxylic acids is 2. The third-order valence-corrected chi connectivity index (χ3v) is 6.93. The minimum absolute atomic E-state index is 0.138. The molecule has 0 radical (unpaired) electrons. The Morgan fingerprint density at radius 3 is 2.50 bits per heavy atom. The second-order valence-corrected chi connectivity index (χ2v) is 8.99. The minimum atomic E-state index is -3.74. The van der Waals surface area contributed by atoms with Crippen LogP contribution in [0.2, 0.25) is 0 Å². The van der Waals surface area contributed by atoms with Crippen molar-refractivity contribution in [1.29, 1.82) is 0 Å². The maximum Gasteiger partial charge on any atom is 0.243 e. The second-order valence-electron chi connectivity index (χ2n) is 7.09. The molecule has 0 unspecified atom stereocenters. The topological polar surface area (TPSA) is 103 Å². The molecule has 1 aliphatic heterocycles. The number of aromatic nitrogens is 1. The van der Waals surface area contributed by atoms with Gasteiger partial charge in [0.1, 0.15) is 5.82 Å². The molecule has 9 nitrogen and oxygen atoms in total. The van der Waals surface area contributed by atoms with Crippen LogP contribution in [0, 0.1) is 0 Å². The molecule has 3 rings (SSSR count). The lowest BCUT2D eigenvalue weighted by Crippen LogP contribution is -2.52. The zero-order chi connectivity index (χ0) is 21.9. The fourth-order valence-corrected chi connectivity index (χ4v) is 5.04. The van der Waals surface area contributed by atoms with Crippen molar-refractivity contribution >= 4 is 38.4 Å². The largest absolute Gasteiger partial charge is 0.362 e. The highest BCUT2D eigenvalue weighted by molar-refractivity contribution is 7.89. The number of hydrogen-bond acceptors (Lipinski definition) is 6. The first-order valence-electron chi connectivity index (χ1n) is 9.49. The van der Waals surface area contributed by atoms with Crippen LogP contribution in [0.3, 0.4) is 0 Å². The van der Waals surface area contributed by atoms with E-state index in [1.54, 1.807) is 29.3 Å². The van der Waals surface area contributed by atoms with E-state index in [1.165, 1.54) is 4.31 Å². The van der Waals surface area contributed by atoms with Gasteiger partial charge in [0.2, 0.25) is 21.8 Å². The molecule has 1 saturated heterocycles. The average Bonchev–Trinajstić information content (AvgIpc) is 2.76. The Morgan fingerprint density at radius 1 is 1.17 bits per heavy atom. The van der Waals surface area contributed by atoms with Crippen molar-refractivity contribution in [3.05, 3.63) is 43.1 Å². The Balaban J connectivity index is 1.78. The number of amides is 2. The molecule has 0 bridgehead atoms. The van der Waals surface area contributed by atoms with E-state index in [-0.39, 0.29) is 43.5 Å². The lowest BCUT2D eigenvalue weighted by atomic mass is 10.1. The molecule has 10 heteroatoms. The molecule has 1 aromatic heterocycles. The smallest absolute Gasteiger partial charge is 0.243 e. The number of pyridine rings is 1. The Morgan fingerprint density at radius 2 is 1.87 bits per heavy atom. The number of nitrogens with zero attached hydrogens (tertiary/aromatic N) is 4. The van der Waals surface area contributed by atoms with Gasteiger partial charge in [-0.15, -0.1) is 0 Å². The number of rotatable bonds is 6. The van der Waals surface area contributed by atoms with Crippen molar-refractivity contribution in [2.75, 3.05) is 51.7 Å². The zero-order valence-electron chi connectivity index (χ0n) is 17.0. The van der Waals surface area contributed by atoms with Crippen molar-refractivity contribution in [3.8, 4) is 0 Å². The molecule has 1 fully saturated rings. The van der Waals surface area contributed by atoms with E-state index >= 15 is 0 Å². The summed E-state index contributed by atoms with van der Waals surface area (Å²) >= 11 is 0. The zero-order valence-corrected chi connectivity index (χ0v) is 17.9. The first-order valence-corrected chi connectivity index (χ1v) is 10.9. The third kappa shape index (κ3) is 4.29. The van der Waals surface area contributed by atoms with Gasteiger partial charge in [-0.2, -0.15) is 4.31 Å². The molecule has 2 amide bonds. The highest BCUT2D eigenvalue weighted by atomic mass is 32.2. The number of fused-ring (bicyclic) bond motifs is 1. The lowest BCUT2D eigenvalue weighted by Gasteiger charge is -2.34. The van der Waals surface area contributed by atoms with Gasteiger partial charge in [0.25, 0.3) is 0 Å². The van der Waals surface area contributed by atoms with Crippen LogP contribution < -0.4 is 10.2 Å². The molecular formula is C20H25N5O4S. The summed E-state index contributed by atoms with van der Waals surface area (Å²) in [5.74, 6) is 0.0164. The van der Waals surface area contributed by atoms with E-state index in [9.17, 15) is 18.0 Å². The molecule has 1 N–H and O–H groups in total. The Bertz CT molecular complexity index is 1080. The van der Waals surface area contributed by atoms with Crippen LogP contribution in [0.4, 0.5) is 5.82 Å². The predicted molar refractivity (Wildman–Crippen MR) is 115 cm³/mol. The normalized spacial score (nSPS) is 15.1. The van der Waals surface area contributed by atoms with Crippen LogP contribution in [0.25, 0.3) is 10.8 Å². The van der Waals surface area contributed by atoms with Crippen LogP contribution >= 0.6 is 0 Å². The van der Waals surface area contributed by atoms with Gasteiger partial charge in [-0.1, -0.05) is 18.7 Å². The number of anilines is 1. The van der Waals surface area contributed by atoms with E-state index in [0.29, 0.717) is 11.2 Å². The van der Waals surface area contributed by atoms with Crippen LogP contribution in [0.15, 0.2) is 48.0 Å². The van der Waals surface area contributed by atoms with Gasteiger partial charge in [-0.25, -0.2) is 13.4 Å². The molecule has 0 atom stereocenters. The number of piperazine rings is 1. The quantitative estimate of drug-likeness (QED) is 0.666. The molecule has 0 spiro atoms. The maximum atomic E-state index is 13.3. The predicted octanol–water partition coefficient (Wildman–Crippen LogP) is 0.436. The highest BCUT2D eigenvalue weighted by Crippen LogP contribution is 2.30. The van der Waals surface area contributed by atoms with Crippen molar-refractivity contribution in [2.45, 2.75) is 4.90 Å². The summed E-state index contributed by atoms with van der Waals surface area (Å²) in [6.45, 7) is 4.09. The van der Waals surface area contributed by atoms with Gasteiger partial charge in [0, 0.05) is 57.2 Å². The lowest BCUT2D eigenvalue weighted by molar-refractivity contribution is -0.133. The van der Waals surface area contributed by atoms with E-state index in [0.717, 1.165) is 11.5 Å². The first kappa shape index (κ1) is 21.7. The summed E-state index contributed by atoms with van der Waals surface area (Å²) in [5, 5.41) is 3.81. The molecule has 0 aliphatic carbocycles. The van der Waals surface area contributed by atoms with Crippen molar-refractivity contribution in [3.63, 3.8) is 0 Å². The Hall–Kier alpha value is -2.98. The molecule has 160 valence electrons. The number of benzene rings is 1. The molecule has 30 heavy (non-hydrogen) atoms. The van der Waals surface area contributed by atoms with Crippen LogP contribution in [0.5, 0.6) is 0 Å². The van der Waals surface area contributed by atoms with E-state index in [2.05, 4.69) is 16.9 Å². The van der Waals surface area contributed by atoms with E-state index in [4.69, 9.17) is 0 Å². The molecule has 2 aromatic rings. The maximum absolute atomic E-state index is 13.3. The van der Waals surface area contributed by atoms with Gasteiger partial charge < -0.3 is 15.1 Å². The summed E-state index contributed by atoms with van der Waals surface area (Å²) in [7, 11) is -0.0282. The fourth-order valence-electron chi connectivity index (χ4n) is 3.41. The molecule has 2 heterocycles. The number of nitrogens with one attached hydrogen (secondary N) is 1. The van der Waals surface area contributed by atoms with Crippen molar-refractivity contribution in [2.24, 2.45) is 0 Å². The van der Waals surface area contributed by atoms with Gasteiger partial charge in [-0.3, -0.25) is 9.59 Å². The van der Waals surface area contributed by atoms with E-state index in [1.807, 2.05) is 25.1 Å². The summed E-state index contributed by atoms with van der Waals surface area (Å²) in [5.41, 5.74) is 0. The monoisotopic (exact) mass is 431 g/mol. The SMILES string of the molecule is C=CC(=O)NCC(=O)N1CCN(S(=O)(=O)c2cccc3c(N(C)C)nccc23)CC1. The van der Waals surface area contributed by atoms with Crippen LogP contribution in [-0.4, -0.2) is 81.2 Å². The first-order chi connectivity index (χ1) is 14.3. The van der Waals surface area contributed by atoms with Gasteiger partial charge in [0.05, 0.1) is 11.4 Å². The highest BCUT2D eigenvalue weighted by Gasteiger charge is 2.31. The second kappa shape index (κ2) is 8.80. The summed E-state index contributed by atoms with van der Waals surface area (Å²) in [4.78, 5) is 31.4. The summed E-state index contributed by atoms with van der Waals surface area (Å²) < 4.78 is 28.1.